The molecule has 2 heteroatoms. The summed E-state index contributed by atoms with van der Waals surface area (Å²) >= 11 is 0. The van der Waals surface area contributed by atoms with Crippen LogP contribution in [0, 0.1) is 0 Å². The standard InChI is InChI=1S/C15H21O2/c1-4-5-6-11-15(2,3)13-7-9-14(10-8-13)17-12-16/h7-10H,4-6,11H2,1-3H3. The van der Waals surface area contributed by atoms with Crippen molar-refractivity contribution >= 4 is 6.47 Å². The molecular weight excluding hydrogens is 212 g/mol. The van der Waals surface area contributed by atoms with Crippen LogP contribution in [0.2, 0.25) is 0 Å². The van der Waals surface area contributed by atoms with Gasteiger partial charge in [0, 0.05) is 0 Å². The van der Waals surface area contributed by atoms with Crippen LogP contribution in [0.1, 0.15) is 52.0 Å². The summed E-state index contributed by atoms with van der Waals surface area (Å²) in [6, 6.07) is 7.70. The Morgan fingerprint density at radius 1 is 1.18 bits per heavy atom. The molecule has 0 heterocycles. The van der Waals surface area contributed by atoms with Crippen molar-refractivity contribution in [1.29, 1.82) is 0 Å². The van der Waals surface area contributed by atoms with Gasteiger partial charge in [-0.05, 0) is 29.5 Å². The number of ether oxygens (including phenoxy) is 1. The first-order chi connectivity index (χ1) is 8.10. The Morgan fingerprint density at radius 2 is 1.82 bits per heavy atom. The lowest BCUT2D eigenvalue weighted by molar-refractivity contribution is 0.439. The molecule has 1 aromatic carbocycles. The summed E-state index contributed by atoms with van der Waals surface area (Å²) in [7, 11) is 0. The Bertz CT molecular complexity index is 338. The third-order valence-corrected chi connectivity index (χ3v) is 3.20. The van der Waals surface area contributed by atoms with Crippen LogP contribution in [-0.2, 0) is 10.2 Å². The molecule has 1 radical (unpaired) electrons. The van der Waals surface area contributed by atoms with E-state index in [1.54, 1.807) is 0 Å². The Labute approximate surface area is 104 Å². The smallest absolute Gasteiger partial charge is 0.418 e. The number of benzene rings is 1. The van der Waals surface area contributed by atoms with Gasteiger partial charge in [-0.2, -0.15) is 0 Å². The van der Waals surface area contributed by atoms with E-state index in [0.717, 1.165) is 0 Å². The number of rotatable bonds is 7. The van der Waals surface area contributed by atoms with Gasteiger partial charge in [0.2, 0.25) is 0 Å². The highest BCUT2D eigenvalue weighted by Crippen LogP contribution is 2.30. The van der Waals surface area contributed by atoms with Crippen LogP contribution in [0.4, 0.5) is 0 Å². The van der Waals surface area contributed by atoms with Gasteiger partial charge in [0.25, 0.3) is 0 Å². The zero-order valence-electron chi connectivity index (χ0n) is 11.0. The molecule has 0 aliphatic rings. The van der Waals surface area contributed by atoms with E-state index < -0.39 is 0 Å². The average Bonchev–Trinajstić information content (AvgIpc) is 2.30. The lowest BCUT2D eigenvalue weighted by Gasteiger charge is -2.25. The Morgan fingerprint density at radius 3 is 2.35 bits per heavy atom. The molecule has 0 unspecified atom stereocenters. The molecule has 0 amide bonds. The summed E-state index contributed by atoms with van der Waals surface area (Å²) < 4.78 is 4.67. The van der Waals surface area contributed by atoms with E-state index in [2.05, 4.69) is 25.5 Å². The van der Waals surface area contributed by atoms with Crippen LogP contribution in [0.25, 0.3) is 0 Å². The molecule has 1 aromatic rings. The van der Waals surface area contributed by atoms with E-state index in [1.807, 2.05) is 24.3 Å². The SMILES string of the molecule is CCCCCC(C)(C)c1ccc(O[C]=O)cc1. The van der Waals surface area contributed by atoms with E-state index in [-0.39, 0.29) is 5.41 Å². The molecule has 0 N–H and O–H groups in total. The lowest BCUT2D eigenvalue weighted by Crippen LogP contribution is -2.16. The highest BCUT2D eigenvalue weighted by atomic mass is 16.5. The minimum atomic E-state index is 0.179. The molecule has 0 atom stereocenters. The largest absolute Gasteiger partial charge is 0.423 e. The quantitative estimate of drug-likeness (QED) is 0.666. The van der Waals surface area contributed by atoms with E-state index in [4.69, 9.17) is 0 Å². The first-order valence-corrected chi connectivity index (χ1v) is 6.24. The van der Waals surface area contributed by atoms with Crippen LogP contribution < -0.4 is 4.74 Å². The molecule has 0 spiro atoms. The normalized spacial score (nSPS) is 11.2. The molecule has 1 rings (SSSR count). The van der Waals surface area contributed by atoms with Crippen LogP contribution in [0.15, 0.2) is 24.3 Å². The second-order valence-corrected chi connectivity index (χ2v) is 5.05. The fourth-order valence-electron chi connectivity index (χ4n) is 1.98. The van der Waals surface area contributed by atoms with Gasteiger partial charge in [0.1, 0.15) is 5.75 Å². The Hall–Kier alpha value is -1.31. The molecule has 0 bridgehead atoms. The highest BCUT2D eigenvalue weighted by molar-refractivity contribution is 5.46. The second-order valence-electron chi connectivity index (χ2n) is 5.05. The molecule has 0 saturated carbocycles. The van der Waals surface area contributed by atoms with Crippen molar-refractivity contribution in [2.24, 2.45) is 0 Å². The average molecular weight is 233 g/mol. The summed E-state index contributed by atoms with van der Waals surface area (Å²) in [5, 5.41) is 0. The minimum absolute atomic E-state index is 0.179. The number of hydrogen-bond donors (Lipinski definition) is 0. The van der Waals surface area contributed by atoms with E-state index in [0.29, 0.717) is 5.75 Å². The van der Waals surface area contributed by atoms with Gasteiger partial charge in [-0.1, -0.05) is 52.2 Å². The van der Waals surface area contributed by atoms with Gasteiger partial charge < -0.3 is 4.74 Å². The predicted octanol–water partition coefficient (Wildman–Crippen LogP) is 3.99. The molecule has 0 saturated heterocycles. The van der Waals surface area contributed by atoms with E-state index in [1.165, 1.54) is 37.7 Å². The van der Waals surface area contributed by atoms with Crippen LogP contribution >= 0.6 is 0 Å². The molecule has 2 nitrogen and oxygen atoms in total. The summed E-state index contributed by atoms with van der Waals surface area (Å²) in [5.74, 6) is 0.549. The predicted molar refractivity (Wildman–Crippen MR) is 69.9 cm³/mol. The zero-order valence-corrected chi connectivity index (χ0v) is 11.0. The first-order valence-electron chi connectivity index (χ1n) is 6.24. The first kappa shape index (κ1) is 13.8. The van der Waals surface area contributed by atoms with Crippen molar-refractivity contribution < 1.29 is 9.53 Å². The third kappa shape index (κ3) is 4.22. The minimum Gasteiger partial charge on any atom is -0.418 e. The maximum absolute atomic E-state index is 10.1. The van der Waals surface area contributed by atoms with Gasteiger partial charge in [-0.25, -0.2) is 4.79 Å². The van der Waals surface area contributed by atoms with Crippen molar-refractivity contribution in [2.75, 3.05) is 0 Å². The van der Waals surface area contributed by atoms with Gasteiger partial charge in [0.15, 0.2) is 0 Å². The molecule has 17 heavy (non-hydrogen) atoms. The monoisotopic (exact) mass is 233 g/mol. The van der Waals surface area contributed by atoms with Crippen molar-refractivity contribution in [2.45, 2.75) is 51.9 Å². The molecule has 93 valence electrons. The summed E-state index contributed by atoms with van der Waals surface area (Å²) in [5.41, 5.74) is 1.46. The van der Waals surface area contributed by atoms with Crippen molar-refractivity contribution in [3.8, 4) is 5.75 Å². The molecular formula is C15H21O2. The molecule has 0 aliphatic carbocycles. The van der Waals surface area contributed by atoms with Crippen LogP contribution in [-0.4, -0.2) is 6.47 Å². The Kier molecular flexibility index (Phi) is 5.20. The van der Waals surface area contributed by atoms with Crippen LogP contribution in [0.5, 0.6) is 5.75 Å². The van der Waals surface area contributed by atoms with Gasteiger partial charge >= 0.3 is 6.47 Å². The highest BCUT2D eigenvalue weighted by Gasteiger charge is 2.19. The molecule has 0 aromatic heterocycles. The van der Waals surface area contributed by atoms with E-state index in [9.17, 15) is 4.79 Å². The lowest BCUT2D eigenvalue weighted by atomic mass is 9.80. The van der Waals surface area contributed by atoms with Gasteiger partial charge in [0.05, 0.1) is 0 Å². The molecule has 0 fully saturated rings. The van der Waals surface area contributed by atoms with Crippen molar-refractivity contribution in [3.05, 3.63) is 29.8 Å². The van der Waals surface area contributed by atoms with Crippen LogP contribution in [0.3, 0.4) is 0 Å². The number of hydrogen-bond acceptors (Lipinski definition) is 2. The second kappa shape index (κ2) is 6.43. The maximum atomic E-state index is 10.1. The summed E-state index contributed by atoms with van der Waals surface area (Å²) in [4.78, 5) is 10.1. The summed E-state index contributed by atoms with van der Waals surface area (Å²) in [6.45, 7) is 8.16. The fourth-order valence-corrected chi connectivity index (χ4v) is 1.98. The van der Waals surface area contributed by atoms with Gasteiger partial charge in [-0.3, -0.25) is 0 Å². The van der Waals surface area contributed by atoms with Gasteiger partial charge in [-0.15, -0.1) is 0 Å². The zero-order chi connectivity index (χ0) is 12.7. The molecule has 0 aliphatic heterocycles. The fraction of sp³-hybridized carbons (Fsp3) is 0.533. The number of unbranched alkanes of at least 4 members (excludes halogenated alkanes) is 2. The van der Waals surface area contributed by atoms with Crippen molar-refractivity contribution in [1.82, 2.24) is 0 Å². The topological polar surface area (TPSA) is 26.3 Å². The van der Waals surface area contributed by atoms with E-state index >= 15 is 0 Å². The van der Waals surface area contributed by atoms with Crippen molar-refractivity contribution in [3.63, 3.8) is 0 Å². The third-order valence-electron chi connectivity index (χ3n) is 3.20. The Balaban J connectivity index is 2.66. The maximum Gasteiger partial charge on any atom is 0.423 e. The summed E-state index contributed by atoms with van der Waals surface area (Å²) in [6.07, 6.45) is 4.97. The number of carbonyl (C=O) groups excluding carboxylic acids is 1.